The van der Waals surface area contributed by atoms with Gasteiger partial charge in [-0.2, -0.15) is 0 Å². The van der Waals surface area contributed by atoms with E-state index in [1.54, 1.807) is 12.3 Å². The number of rotatable bonds is 1. The van der Waals surface area contributed by atoms with Crippen LogP contribution in [0, 0.1) is 17.7 Å². The molecule has 86 valence electrons. The van der Waals surface area contributed by atoms with Gasteiger partial charge in [0.15, 0.2) is 5.01 Å². The quantitative estimate of drug-likeness (QED) is 0.696. The van der Waals surface area contributed by atoms with E-state index in [4.69, 9.17) is 0 Å². The lowest BCUT2D eigenvalue weighted by atomic mass is 10.0. The Morgan fingerprint density at radius 3 is 2.71 bits per heavy atom. The summed E-state index contributed by atoms with van der Waals surface area (Å²) in [6.45, 7) is 3.94. The Labute approximate surface area is 104 Å². The van der Waals surface area contributed by atoms with E-state index in [1.165, 1.54) is 17.4 Å². The van der Waals surface area contributed by atoms with E-state index in [0.29, 0.717) is 5.56 Å². The molecule has 0 N–H and O–H groups in total. The molecule has 0 saturated carbocycles. The minimum Gasteiger partial charge on any atom is -0.236 e. The molecule has 0 spiro atoms. The molecular weight excluding hydrogens is 233 g/mol. The number of thiazole rings is 1. The van der Waals surface area contributed by atoms with Crippen LogP contribution in [0.25, 0.3) is 0 Å². The Bertz CT molecular complexity index is 562. The van der Waals surface area contributed by atoms with Gasteiger partial charge in [0.25, 0.3) is 0 Å². The normalized spacial score (nSPS) is 10.1. The smallest absolute Gasteiger partial charge is 0.167 e. The lowest BCUT2D eigenvalue weighted by molar-refractivity contribution is 0.598. The van der Waals surface area contributed by atoms with Gasteiger partial charge in [0.1, 0.15) is 5.82 Å². The molecule has 0 fully saturated rings. The summed E-state index contributed by atoms with van der Waals surface area (Å²) in [5.41, 5.74) is 1.41. The average molecular weight is 245 g/mol. The molecule has 0 aliphatic rings. The summed E-state index contributed by atoms with van der Waals surface area (Å²) in [5, 5.41) is 2.62. The molecule has 17 heavy (non-hydrogen) atoms. The molecule has 1 aromatic heterocycles. The van der Waals surface area contributed by atoms with Crippen molar-refractivity contribution in [3.05, 3.63) is 51.7 Å². The molecule has 1 heterocycles. The summed E-state index contributed by atoms with van der Waals surface area (Å²) in [4.78, 5) is 4.05. The van der Waals surface area contributed by atoms with E-state index >= 15 is 0 Å². The van der Waals surface area contributed by atoms with Gasteiger partial charge < -0.3 is 0 Å². The number of hydrogen-bond acceptors (Lipinski definition) is 2. The van der Waals surface area contributed by atoms with Crippen LogP contribution >= 0.6 is 11.3 Å². The van der Waals surface area contributed by atoms with Crippen LogP contribution in [0.1, 0.15) is 35.9 Å². The SMILES string of the molecule is CC(C)c1ccc(C#Cc2nccs2)cc1F. The second-order valence-corrected chi connectivity index (χ2v) is 4.87. The summed E-state index contributed by atoms with van der Waals surface area (Å²) >= 11 is 1.48. The molecule has 2 rings (SSSR count). The molecule has 0 atom stereocenters. The predicted octanol–water partition coefficient (Wildman–Crippen LogP) is 3.81. The van der Waals surface area contributed by atoms with Crippen LogP contribution in [0.2, 0.25) is 0 Å². The molecule has 0 saturated heterocycles. The van der Waals surface area contributed by atoms with Gasteiger partial charge in [-0.3, -0.25) is 0 Å². The van der Waals surface area contributed by atoms with Crippen LogP contribution in [0.5, 0.6) is 0 Å². The Balaban J connectivity index is 2.27. The molecule has 0 radical (unpaired) electrons. The number of benzene rings is 1. The van der Waals surface area contributed by atoms with E-state index < -0.39 is 0 Å². The Morgan fingerprint density at radius 1 is 1.29 bits per heavy atom. The molecular formula is C14H12FNS. The minimum absolute atomic E-state index is 0.189. The zero-order valence-corrected chi connectivity index (χ0v) is 10.5. The van der Waals surface area contributed by atoms with Crippen molar-refractivity contribution in [3.8, 4) is 11.8 Å². The van der Waals surface area contributed by atoms with E-state index in [-0.39, 0.29) is 11.7 Å². The third-order valence-electron chi connectivity index (χ3n) is 2.37. The van der Waals surface area contributed by atoms with Crippen LogP contribution in [0.4, 0.5) is 4.39 Å². The summed E-state index contributed by atoms with van der Waals surface area (Å²) in [5.74, 6) is 5.82. The van der Waals surface area contributed by atoms with E-state index in [0.717, 1.165) is 10.6 Å². The molecule has 0 unspecified atom stereocenters. The van der Waals surface area contributed by atoms with Gasteiger partial charge in [0, 0.05) is 17.1 Å². The Kier molecular flexibility index (Phi) is 3.55. The monoisotopic (exact) mass is 245 g/mol. The molecule has 2 aromatic rings. The summed E-state index contributed by atoms with van der Waals surface area (Å²) < 4.78 is 13.7. The second-order valence-electron chi connectivity index (χ2n) is 3.98. The first-order valence-corrected chi connectivity index (χ1v) is 6.26. The average Bonchev–Trinajstić information content (AvgIpc) is 2.78. The van der Waals surface area contributed by atoms with Crippen molar-refractivity contribution in [2.45, 2.75) is 19.8 Å². The summed E-state index contributed by atoms with van der Waals surface area (Å²) in [7, 11) is 0. The third-order valence-corrected chi connectivity index (χ3v) is 3.06. The summed E-state index contributed by atoms with van der Waals surface area (Å²) in [6, 6.07) is 5.13. The lowest BCUT2D eigenvalue weighted by Crippen LogP contribution is -1.93. The van der Waals surface area contributed by atoms with E-state index in [1.807, 2.05) is 25.3 Å². The van der Waals surface area contributed by atoms with Gasteiger partial charge in [-0.1, -0.05) is 25.8 Å². The number of halogens is 1. The van der Waals surface area contributed by atoms with Gasteiger partial charge in [-0.15, -0.1) is 11.3 Å². The van der Waals surface area contributed by atoms with Crippen LogP contribution in [-0.4, -0.2) is 4.98 Å². The fraction of sp³-hybridized carbons (Fsp3) is 0.214. The van der Waals surface area contributed by atoms with Crippen LogP contribution in [0.15, 0.2) is 29.8 Å². The fourth-order valence-corrected chi connectivity index (χ4v) is 1.97. The van der Waals surface area contributed by atoms with Gasteiger partial charge in [-0.05, 0) is 29.5 Å². The molecule has 0 aliphatic carbocycles. The van der Waals surface area contributed by atoms with Gasteiger partial charge in [0.2, 0.25) is 0 Å². The highest BCUT2D eigenvalue weighted by atomic mass is 32.1. The van der Waals surface area contributed by atoms with Crippen molar-refractivity contribution in [3.63, 3.8) is 0 Å². The van der Waals surface area contributed by atoms with Crippen LogP contribution in [0.3, 0.4) is 0 Å². The maximum Gasteiger partial charge on any atom is 0.167 e. The van der Waals surface area contributed by atoms with Crippen molar-refractivity contribution < 1.29 is 4.39 Å². The number of nitrogens with zero attached hydrogens (tertiary/aromatic N) is 1. The molecule has 0 bridgehead atoms. The molecule has 1 nitrogen and oxygen atoms in total. The predicted molar refractivity (Wildman–Crippen MR) is 68.6 cm³/mol. The third kappa shape index (κ3) is 2.92. The number of hydrogen-bond donors (Lipinski definition) is 0. The van der Waals surface area contributed by atoms with Crippen molar-refractivity contribution in [2.24, 2.45) is 0 Å². The van der Waals surface area contributed by atoms with Gasteiger partial charge in [0.05, 0.1) is 0 Å². The molecule has 1 aromatic carbocycles. The van der Waals surface area contributed by atoms with Crippen molar-refractivity contribution in [1.29, 1.82) is 0 Å². The minimum atomic E-state index is -0.189. The lowest BCUT2D eigenvalue weighted by Gasteiger charge is -2.06. The van der Waals surface area contributed by atoms with E-state index in [2.05, 4.69) is 16.8 Å². The largest absolute Gasteiger partial charge is 0.236 e. The maximum absolute atomic E-state index is 13.7. The zero-order valence-electron chi connectivity index (χ0n) is 9.70. The first kappa shape index (κ1) is 11.8. The topological polar surface area (TPSA) is 12.9 Å². The maximum atomic E-state index is 13.7. The van der Waals surface area contributed by atoms with Gasteiger partial charge in [-0.25, -0.2) is 9.37 Å². The molecule has 0 amide bonds. The van der Waals surface area contributed by atoms with Crippen molar-refractivity contribution >= 4 is 11.3 Å². The fourth-order valence-electron chi connectivity index (χ4n) is 1.48. The first-order valence-electron chi connectivity index (χ1n) is 5.38. The molecule has 0 aliphatic heterocycles. The highest BCUT2D eigenvalue weighted by Gasteiger charge is 2.06. The highest BCUT2D eigenvalue weighted by molar-refractivity contribution is 7.10. The van der Waals surface area contributed by atoms with Crippen molar-refractivity contribution in [1.82, 2.24) is 4.98 Å². The summed E-state index contributed by atoms with van der Waals surface area (Å²) in [6.07, 6.45) is 1.71. The number of aromatic nitrogens is 1. The Morgan fingerprint density at radius 2 is 2.12 bits per heavy atom. The van der Waals surface area contributed by atoms with E-state index in [9.17, 15) is 4.39 Å². The van der Waals surface area contributed by atoms with Crippen LogP contribution in [-0.2, 0) is 0 Å². The second kappa shape index (κ2) is 5.11. The van der Waals surface area contributed by atoms with Gasteiger partial charge >= 0.3 is 0 Å². The molecule has 3 heteroatoms. The zero-order chi connectivity index (χ0) is 12.3. The highest BCUT2D eigenvalue weighted by Crippen LogP contribution is 2.19. The van der Waals surface area contributed by atoms with Crippen molar-refractivity contribution in [2.75, 3.05) is 0 Å². The van der Waals surface area contributed by atoms with Crippen LogP contribution < -0.4 is 0 Å². The Hall–Kier alpha value is -1.66. The standard InChI is InChI=1S/C14H12FNS/c1-10(2)12-5-3-11(9-13(12)15)4-6-14-16-7-8-17-14/h3,5,7-10H,1-2H3. The first-order chi connectivity index (χ1) is 8.16.